The molecule has 4 heteroatoms. The Morgan fingerprint density at radius 1 is 0.762 bits per heavy atom. The van der Waals surface area contributed by atoms with Crippen molar-refractivity contribution in [2.45, 2.75) is 90.4 Å². The second-order valence-corrected chi connectivity index (χ2v) is 5.65. The molecule has 0 aromatic heterocycles. The van der Waals surface area contributed by atoms with Crippen molar-refractivity contribution in [2.24, 2.45) is 0 Å². The molecule has 0 radical (unpaired) electrons. The molecular formula is C17H32O4. The molecule has 0 fully saturated rings. The number of carbonyl (C=O) groups is 2. The van der Waals surface area contributed by atoms with Gasteiger partial charge in [0, 0.05) is 12.8 Å². The molecule has 124 valence electrons. The van der Waals surface area contributed by atoms with E-state index in [0.717, 1.165) is 44.9 Å². The fraction of sp³-hybridized carbons (Fsp3) is 0.882. The number of carboxylic acids is 1. The van der Waals surface area contributed by atoms with E-state index in [1.54, 1.807) is 0 Å². The lowest BCUT2D eigenvalue weighted by atomic mass is 10.1. The first kappa shape index (κ1) is 19.9. The molecule has 0 spiro atoms. The summed E-state index contributed by atoms with van der Waals surface area (Å²) in [5.41, 5.74) is 0. The van der Waals surface area contributed by atoms with Gasteiger partial charge in [0.05, 0.1) is 6.61 Å². The van der Waals surface area contributed by atoms with E-state index in [1.165, 1.54) is 25.7 Å². The van der Waals surface area contributed by atoms with Gasteiger partial charge in [0.2, 0.25) is 0 Å². The third kappa shape index (κ3) is 16.9. The third-order valence-electron chi connectivity index (χ3n) is 3.53. The van der Waals surface area contributed by atoms with Gasteiger partial charge in [0.1, 0.15) is 0 Å². The minimum atomic E-state index is -0.723. The van der Waals surface area contributed by atoms with E-state index in [4.69, 9.17) is 9.84 Å². The summed E-state index contributed by atoms with van der Waals surface area (Å²) in [4.78, 5) is 21.8. The van der Waals surface area contributed by atoms with E-state index in [-0.39, 0.29) is 12.4 Å². The Morgan fingerprint density at radius 2 is 1.29 bits per heavy atom. The van der Waals surface area contributed by atoms with Gasteiger partial charge in [-0.3, -0.25) is 9.59 Å². The van der Waals surface area contributed by atoms with Crippen LogP contribution in [0.2, 0.25) is 0 Å². The summed E-state index contributed by atoms with van der Waals surface area (Å²) in [6.45, 7) is 2.71. The highest BCUT2D eigenvalue weighted by Gasteiger charge is 2.02. The summed E-state index contributed by atoms with van der Waals surface area (Å²) in [6.07, 6.45) is 12.5. The largest absolute Gasteiger partial charge is 0.481 e. The lowest BCUT2D eigenvalue weighted by Gasteiger charge is -2.05. The Bertz CT molecular complexity index is 264. The molecule has 1 N–H and O–H groups in total. The van der Waals surface area contributed by atoms with Gasteiger partial charge in [-0.2, -0.15) is 0 Å². The van der Waals surface area contributed by atoms with Crippen molar-refractivity contribution in [3.8, 4) is 0 Å². The lowest BCUT2D eigenvalue weighted by molar-refractivity contribution is -0.144. The van der Waals surface area contributed by atoms with Crippen molar-refractivity contribution >= 4 is 11.9 Å². The maximum Gasteiger partial charge on any atom is 0.305 e. The number of unbranched alkanes of at least 4 members (excludes halogenated alkanes) is 9. The van der Waals surface area contributed by atoms with Gasteiger partial charge in [-0.15, -0.1) is 0 Å². The standard InChI is InChI=1S/C17H32O4/c1-2-3-4-5-8-11-14-17(20)21-15-12-9-6-7-10-13-16(18)19/h2-15H2,1H3,(H,18,19). The van der Waals surface area contributed by atoms with Crippen molar-refractivity contribution in [3.05, 3.63) is 0 Å². The van der Waals surface area contributed by atoms with E-state index in [0.29, 0.717) is 13.0 Å². The summed E-state index contributed by atoms with van der Waals surface area (Å²) in [5, 5.41) is 8.49. The minimum absolute atomic E-state index is 0.0728. The van der Waals surface area contributed by atoms with Gasteiger partial charge in [-0.25, -0.2) is 0 Å². The number of hydrogen-bond donors (Lipinski definition) is 1. The van der Waals surface area contributed by atoms with Crippen LogP contribution in [-0.2, 0) is 14.3 Å². The van der Waals surface area contributed by atoms with E-state index in [1.807, 2.05) is 0 Å². The Balaban J connectivity index is 3.17. The van der Waals surface area contributed by atoms with Crippen LogP contribution in [0.4, 0.5) is 0 Å². The smallest absolute Gasteiger partial charge is 0.305 e. The van der Waals surface area contributed by atoms with Gasteiger partial charge < -0.3 is 9.84 Å². The topological polar surface area (TPSA) is 63.6 Å². The molecule has 21 heavy (non-hydrogen) atoms. The summed E-state index contributed by atoms with van der Waals surface area (Å²) < 4.78 is 5.18. The summed E-state index contributed by atoms with van der Waals surface area (Å²) >= 11 is 0. The zero-order valence-corrected chi connectivity index (χ0v) is 13.6. The molecule has 0 unspecified atom stereocenters. The van der Waals surface area contributed by atoms with Crippen LogP contribution in [0.1, 0.15) is 90.4 Å². The van der Waals surface area contributed by atoms with E-state index < -0.39 is 5.97 Å². The van der Waals surface area contributed by atoms with Crippen molar-refractivity contribution in [1.29, 1.82) is 0 Å². The number of ether oxygens (including phenoxy) is 1. The maximum absolute atomic E-state index is 11.5. The average molecular weight is 300 g/mol. The summed E-state index contributed by atoms with van der Waals surface area (Å²) in [7, 11) is 0. The Morgan fingerprint density at radius 3 is 1.90 bits per heavy atom. The highest BCUT2D eigenvalue weighted by atomic mass is 16.5. The molecule has 0 saturated heterocycles. The second kappa shape index (κ2) is 15.3. The van der Waals surface area contributed by atoms with Crippen molar-refractivity contribution in [3.63, 3.8) is 0 Å². The van der Waals surface area contributed by atoms with Gasteiger partial charge in [-0.1, -0.05) is 58.3 Å². The predicted octanol–water partition coefficient (Wildman–Crippen LogP) is 4.71. The summed E-state index contributed by atoms with van der Waals surface area (Å²) in [5.74, 6) is -0.796. The molecule has 0 atom stereocenters. The third-order valence-corrected chi connectivity index (χ3v) is 3.53. The molecular weight excluding hydrogens is 268 g/mol. The highest BCUT2D eigenvalue weighted by Crippen LogP contribution is 2.08. The van der Waals surface area contributed by atoms with E-state index >= 15 is 0 Å². The quantitative estimate of drug-likeness (QED) is 0.351. The van der Waals surface area contributed by atoms with Gasteiger partial charge in [0.25, 0.3) is 0 Å². The Labute approximate surface area is 129 Å². The first-order valence-corrected chi connectivity index (χ1v) is 8.54. The first-order chi connectivity index (χ1) is 10.2. The molecule has 0 amide bonds. The monoisotopic (exact) mass is 300 g/mol. The number of carbonyl (C=O) groups excluding carboxylic acids is 1. The van der Waals surface area contributed by atoms with E-state index in [2.05, 4.69) is 6.92 Å². The molecule has 0 aliphatic heterocycles. The molecule has 0 aromatic carbocycles. The number of carboxylic acid groups (broad SMARTS) is 1. The van der Waals surface area contributed by atoms with Crippen LogP contribution >= 0.6 is 0 Å². The van der Waals surface area contributed by atoms with Crippen LogP contribution in [0.15, 0.2) is 0 Å². The van der Waals surface area contributed by atoms with Gasteiger partial charge in [0.15, 0.2) is 0 Å². The van der Waals surface area contributed by atoms with Gasteiger partial charge in [-0.05, 0) is 19.3 Å². The zero-order valence-electron chi connectivity index (χ0n) is 13.6. The number of hydrogen-bond acceptors (Lipinski definition) is 3. The number of rotatable bonds is 15. The van der Waals surface area contributed by atoms with Crippen LogP contribution < -0.4 is 0 Å². The fourth-order valence-electron chi connectivity index (χ4n) is 2.22. The molecule has 0 bridgehead atoms. The van der Waals surface area contributed by atoms with Gasteiger partial charge >= 0.3 is 11.9 Å². The molecule has 0 aliphatic carbocycles. The molecule has 0 aromatic rings. The molecule has 0 saturated carbocycles. The molecule has 0 heterocycles. The normalized spacial score (nSPS) is 10.5. The van der Waals surface area contributed by atoms with Crippen LogP contribution in [0.25, 0.3) is 0 Å². The van der Waals surface area contributed by atoms with Crippen LogP contribution in [-0.4, -0.2) is 23.7 Å². The molecule has 0 rings (SSSR count). The van der Waals surface area contributed by atoms with Crippen LogP contribution in [0, 0.1) is 0 Å². The number of aliphatic carboxylic acids is 1. The maximum atomic E-state index is 11.5. The van der Waals surface area contributed by atoms with Crippen molar-refractivity contribution in [1.82, 2.24) is 0 Å². The summed E-state index contributed by atoms with van der Waals surface area (Å²) in [6, 6.07) is 0. The lowest BCUT2D eigenvalue weighted by Crippen LogP contribution is -2.05. The molecule has 4 nitrogen and oxygen atoms in total. The zero-order chi connectivity index (χ0) is 15.8. The van der Waals surface area contributed by atoms with E-state index in [9.17, 15) is 9.59 Å². The minimum Gasteiger partial charge on any atom is -0.481 e. The van der Waals surface area contributed by atoms with Crippen molar-refractivity contribution < 1.29 is 19.4 Å². The van der Waals surface area contributed by atoms with Crippen molar-refractivity contribution in [2.75, 3.05) is 6.61 Å². The number of esters is 1. The first-order valence-electron chi connectivity index (χ1n) is 8.54. The SMILES string of the molecule is CCCCCCCCC(=O)OCCCCCCCC(=O)O. The van der Waals surface area contributed by atoms with Crippen LogP contribution in [0.5, 0.6) is 0 Å². The average Bonchev–Trinajstić information content (AvgIpc) is 2.45. The fourth-order valence-corrected chi connectivity index (χ4v) is 2.22. The molecule has 0 aliphatic rings. The second-order valence-electron chi connectivity index (χ2n) is 5.65. The highest BCUT2D eigenvalue weighted by molar-refractivity contribution is 5.69. The van der Waals surface area contributed by atoms with Crippen LogP contribution in [0.3, 0.4) is 0 Å². The predicted molar refractivity (Wildman–Crippen MR) is 84.3 cm³/mol. The Kier molecular flexibility index (Phi) is 14.6. The Hall–Kier alpha value is -1.06.